The molecule has 3 nitrogen and oxygen atoms in total. The number of benzene rings is 1. The van der Waals surface area contributed by atoms with E-state index in [1.54, 1.807) is 7.11 Å². The molecule has 0 fully saturated rings. The molecule has 1 aromatic carbocycles. The van der Waals surface area contributed by atoms with Gasteiger partial charge in [-0.05, 0) is 30.2 Å². The van der Waals surface area contributed by atoms with E-state index < -0.39 is 11.7 Å². The van der Waals surface area contributed by atoms with Crippen molar-refractivity contribution in [1.29, 1.82) is 0 Å². The van der Waals surface area contributed by atoms with Crippen molar-refractivity contribution in [2.75, 3.05) is 7.11 Å². The fraction of sp³-hybridized carbons (Fsp3) is 0.650. The third kappa shape index (κ3) is 5.35. The molecule has 0 bridgehead atoms. The molecule has 2 unspecified atom stereocenters. The molecule has 0 aliphatic carbocycles. The fourth-order valence-electron chi connectivity index (χ4n) is 2.74. The molecule has 0 spiro atoms. The smallest absolute Gasteiger partial charge is 0.314 e. The van der Waals surface area contributed by atoms with Crippen LogP contribution in [0, 0.1) is 16.7 Å². The number of hydrogen-bond donors (Lipinski definition) is 0. The highest BCUT2D eigenvalue weighted by Crippen LogP contribution is 2.44. The predicted molar refractivity (Wildman–Crippen MR) is 94.1 cm³/mol. The van der Waals surface area contributed by atoms with Gasteiger partial charge in [-0.15, -0.1) is 0 Å². The van der Waals surface area contributed by atoms with Crippen LogP contribution < -0.4 is 0 Å². The number of carbonyl (C=O) groups is 1. The van der Waals surface area contributed by atoms with Gasteiger partial charge in [-0.1, -0.05) is 65.0 Å². The van der Waals surface area contributed by atoms with Crippen molar-refractivity contribution in [3.05, 3.63) is 35.9 Å². The van der Waals surface area contributed by atoms with Gasteiger partial charge in [0.15, 0.2) is 0 Å². The molecular formula is C20H32O3. The van der Waals surface area contributed by atoms with Crippen LogP contribution in [0.3, 0.4) is 0 Å². The van der Waals surface area contributed by atoms with Crippen molar-refractivity contribution < 1.29 is 14.3 Å². The van der Waals surface area contributed by atoms with Crippen molar-refractivity contribution in [1.82, 2.24) is 0 Å². The lowest BCUT2D eigenvalue weighted by atomic mass is 9.64. The summed E-state index contributed by atoms with van der Waals surface area (Å²) >= 11 is 0. The van der Waals surface area contributed by atoms with Gasteiger partial charge >= 0.3 is 5.97 Å². The number of hydrogen-bond acceptors (Lipinski definition) is 3. The van der Waals surface area contributed by atoms with Crippen LogP contribution in [0.15, 0.2) is 30.3 Å². The highest BCUT2D eigenvalue weighted by Gasteiger charge is 2.46. The summed E-state index contributed by atoms with van der Waals surface area (Å²) in [5, 5.41) is 0. The minimum atomic E-state index is -0.557. The Morgan fingerprint density at radius 3 is 2.09 bits per heavy atom. The van der Waals surface area contributed by atoms with E-state index in [1.165, 1.54) is 0 Å². The zero-order valence-corrected chi connectivity index (χ0v) is 15.7. The molecule has 0 amide bonds. The van der Waals surface area contributed by atoms with E-state index in [2.05, 4.69) is 34.6 Å². The third-order valence-electron chi connectivity index (χ3n) is 4.67. The van der Waals surface area contributed by atoms with Gasteiger partial charge < -0.3 is 9.47 Å². The molecule has 130 valence electrons. The molecule has 0 N–H and O–H groups in total. The van der Waals surface area contributed by atoms with Crippen LogP contribution in [0.1, 0.15) is 53.5 Å². The topological polar surface area (TPSA) is 35.5 Å². The van der Waals surface area contributed by atoms with Crippen molar-refractivity contribution >= 4 is 5.97 Å². The van der Waals surface area contributed by atoms with E-state index in [0.717, 1.165) is 12.0 Å². The second-order valence-electron chi connectivity index (χ2n) is 7.94. The molecule has 1 aromatic rings. The number of rotatable bonds is 7. The van der Waals surface area contributed by atoms with E-state index in [0.29, 0.717) is 12.3 Å². The summed E-state index contributed by atoms with van der Waals surface area (Å²) in [7, 11) is 1.58. The summed E-state index contributed by atoms with van der Waals surface area (Å²) in [6.07, 6.45) is 0.793. The van der Waals surface area contributed by atoms with Crippen LogP contribution in [0.4, 0.5) is 0 Å². The van der Waals surface area contributed by atoms with Crippen LogP contribution in [0.5, 0.6) is 0 Å². The molecule has 0 heterocycles. The molecule has 23 heavy (non-hydrogen) atoms. The summed E-state index contributed by atoms with van der Waals surface area (Å²) in [4.78, 5) is 12.9. The maximum Gasteiger partial charge on any atom is 0.314 e. The molecule has 2 atom stereocenters. The largest absolute Gasteiger partial charge is 0.435 e. The summed E-state index contributed by atoms with van der Waals surface area (Å²) in [6.45, 7) is 12.6. The lowest BCUT2D eigenvalue weighted by Crippen LogP contribution is -2.44. The molecular weight excluding hydrogens is 288 g/mol. The minimum Gasteiger partial charge on any atom is -0.435 e. The average molecular weight is 320 g/mol. The quantitative estimate of drug-likeness (QED) is 0.532. The number of carbonyl (C=O) groups excluding carboxylic acids is 1. The highest BCUT2D eigenvalue weighted by atomic mass is 16.7. The first-order chi connectivity index (χ1) is 10.6. The lowest BCUT2D eigenvalue weighted by molar-refractivity contribution is -0.191. The van der Waals surface area contributed by atoms with Crippen molar-refractivity contribution in [2.45, 2.75) is 60.7 Å². The Balaban J connectivity index is 2.87. The monoisotopic (exact) mass is 320 g/mol. The van der Waals surface area contributed by atoms with E-state index in [9.17, 15) is 4.79 Å². The zero-order valence-electron chi connectivity index (χ0n) is 15.7. The summed E-state index contributed by atoms with van der Waals surface area (Å²) < 4.78 is 11.1. The van der Waals surface area contributed by atoms with Gasteiger partial charge in [0.2, 0.25) is 6.29 Å². The van der Waals surface area contributed by atoms with Gasteiger partial charge in [0, 0.05) is 13.5 Å². The first-order valence-corrected chi connectivity index (χ1v) is 8.38. The van der Waals surface area contributed by atoms with Crippen molar-refractivity contribution in [2.24, 2.45) is 16.7 Å². The molecule has 0 saturated carbocycles. The van der Waals surface area contributed by atoms with Gasteiger partial charge in [-0.25, -0.2) is 0 Å². The Hall–Kier alpha value is -1.35. The Morgan fingerprint density at radius 2 is 1.65 bits per heavy atom. The van der Waals surface area contributed by atoms with Crippen LogP contribution in [0.2, 0.25) is 0 Å². The Kier molecular flexibility index (Phi) is 6.82. The van der Waals surface area contributed by atoms with E-state index in [1.807, 2.05) is 37.3 Å². The second kappa shape index (κ2) is 7.96. The molecule has 0 saturated heterocycles. The first kappa shape index (κ1) is 19.7. The molecule has 0 aromatic heterocycles. The van der Waals surface area contributed by atoms with Crippen LogP contribution in [-0.2, 0) is 20.7 Å². The zero-order chi connectivity index (χ0) is 17.7. The van der Waals surface area contributed by atoms with Crippen LogP contribution >= 0.6 is 0 Å². The number of methoxy groups -OCH3 is 1. The first-order valence-electron chi connectivity index (χ1n) is 8.38. The van der Waals surface area contributed by atoms with Crippen LogP contribution in [-0.4, -0.2) is 19.4 Å². The van der Waals surface area contributed by atoms with Gasteiger partial charge in [-0.2, -0.15) is 0 Å². The van der Waals surface area contributed by atoms with E-state index >= 15 is 0 Å². The minimum absolute atomic E-state index is 0.179. The average Bonchev–Trinajstić information content (AvgIpc) is 2.45. The standard InChI is InChI=1S/C20H32O3/c1-15(2)14-20(6,19(3,4)5)18(21)23-17(22-7)13-16-11-9-8-10-12-16/h8-12,15,17H,13-14H2,1-7H3. The van der Waals surface area contributed by atoms with Gasteiger partial charge in [0.05, 0.1) is 5.41 Å². The van der Waals surface area contributed by atoms with E-state index in [4.69, 9.17) is 9.47 Å². The number of ether oxygens (including phenoxy) is 2. The van der Waals surface area contributed by atoms with Crippen LogP contribution in [0.25, 0.3) is 0 Å². The summed E-state index contributed by atoms with van der Waals surface area (Å²) in [5.74, 6) is 0.239. The normalized spacial score (nSPS) is 16.0. The highest BCUT2D eigenvalue weighted by molar-refractivity contribution is 5.77. The Labute approximate surface area is 141 Å². The SMILES string of the molecule is COC(Cc1ccccc1)OC(=O)C(C)(CC(C)C)C(C)(C)C. The number of esters is 1. The van der Waals surface area contributed by atoms with Crippen molar-refractivity contribution in [3.8, 4) is 0 Å². The Morgan fingerprint density at radius 1 is 1.09 bits per heavy atom. The van der Waals surface area contributed by atoms with Gasteiger partial charge in [0.1, 0.15) is 0 Å². The fourth-order valence-corrected chi connectivity index (χ4v) is 2.74. The lowest BCUT2D eigenvalue weighted by Gasteiger charge is -2.41. The molecule has 3 heteroatoms. The third-order valence-corrected chi connectivity index (χ3v) is 4.67. The second-order valence-corrected chi connectivity index (χ2v) is 7.94. The molecule has 0 aliphatic rings. The predicted octanol–water partition coefficient (Wildman–Crippen LogP) is 4.84. The van der Waals surface area contributed by atoms with Crippen molar-refractivity contribution in [3.63, 3.8) is 0 Å². The molecule has 0 radical (unpaired) electrons. The van der Waals surface area contributed by atoms with Gasteiger partial charge in [-0.3, -0.25) is 4.79 Å². The summed E-state index contributed by atoms with van der Waals surface area (Å²) in [6, 6.07) is 9.94. The maximum atomic E-state index is 12.9. The van der Waals surface area contributed by atoms with E-state index in [-0.39, 0.29) is 11.4 Å². The molecule has 0 aliphatic heterocycles. The maximum absolute atomic E-state index is 12.9. The Bertz CT molecular complexity index is 487. The van der Waals surface area contributed by atoms with Gasteiger partial charge in [0.25, 0.3) is 0 Å². The summed E-state index contributed by atoms with van der Waals surface area (Å²) in [5.41, 5.74) is 0.363. The molecule has 1 rings (SSSR count).